The fourth-order valence-electron chi connectivity index (χ4n) is 3.17. The number of aliphatic carboxylic acids is 1. The second-order valence-electron chi connectivity index (χ2n) is 6.41. The first-order chi connectivity index (χ1) is 12.3. The van der Waals surface area contributed by atoms with Crippen molar-refractivity contribution in [1.82, 2.24) is 4.90 Å². The summed E-state index contributed by atoms with van der Waals surface area (Å²) in [5, 5.41) is 9.08. The average molecular weight is 396 g/mol. The molecule has 0 saturated carbocycles. The van der Waals surface area contributed by atoms with Crippen molar-refractivity contribution in [3.8, 4) is 0 Å². The summed E-state index contributed by atoms with van der Waals surface area (Å²) in [7, 11) is -3.07. The summed E-state index contributed by atoms with van der Waals surface area (Å²) in [6, 6.07) is 9.65. The molecule has 9 heteroatoms. The Kier molecular flexibility index (Phi) is 5.67. The van der Waals surface area contributed by atoms with Crippen molar-refractivity contribution in [1.29, 1.82) is 0 Å². The smallest absolute Gasteiger partial charge is 0.303 e. The summed E-state index contributed by atoms with van der Waals surface area (Å²) in [5.74, 6) is -1.36. The fraction of sp³-hybridized carbons (Fsp3) is 0.471. The lowest BCUT2D eigenvalue weighted by atomic mass is 10.1. The van der Waals surface area contributed by atoms with Gasteiger partial charge in [-0.1, -0.05) is 42.1 Å². The maximum Gasteiger partial charge on any atom is 0.303 e. The molecule has 1 N–H and O–H groups in total. The number of carbonyl (C=O) groups excluding carboxylic acids is 1. The third kappa shape index (κ3) is 4.64. The lowest BCUT2D eigenvalue weighted by Crippen LogP contribution is -2.39. The minimum atomic E-state index is -3.07. The zero-order valence-electron chi connectivity index (χ0n) is 14.1. The van der Waals surface area contributed by atoms with Gasteiger partial charge in [0.25, 0.3) is 0 Å². The molecule has 0 radical (unpaired) electrons. The summed E-state index contributed by atoms with van der Waals surface area (Å²) in [5.41, 5.74) is 1.12. The zero-order chi connectivity index (χ0) is 18.7. The number of carboxylic acid groups (broad SMARTS) is 1. The molecule has 0 spiro atoms. The van der Waals surface area contributed by atoms with Gasteiger partial charge in [-0.2, -0.15) is 4.99 Å². The first kappa shape index (κ1) is 18.9. The Morgan fingerprint density at radius 2 is 1.92 bits per heavy atom. The molecular weight excluding hydrogens is 376 g/mol. The number of sulfone groups is 1. The van der Waals surface area contributed by atoms with Crippen LogP contribution in [0.15, 0.2) is 35.3 Å². The van der Waals surface area contributed by atoms with E-state index in [1.165, 1.54) is 11.8 Å². The Balaban J connectivity index is 1.74. The number of nitrogens with zero attached hydrogens (tertiary/aromatic N) is 2. The maximum atomic E-state index is 12.0. The van der Waals surface area contributed by atoms with Gasteiger partial charge in [0.05, 0.1) is 24.0 Å². The lowest BCUT2D eigenvalue weighted by molar-refractivity contribution is -0.138. The van der Waals surface area contributed by atoms with E-state index in [0.717, 1.165) is 5.56 Å². The quantitative estimate of drug-likeness (QED) is 0.770. The molecule has 1 amide bonds. The van der Waals surface area contributed by atoms with Gasteiger partial charge in [0.15, 0.2) is 15.0 Å². The SMILES string of the molecule is O=C(O)CCC(=O)N=C1SC2CS(=O)(=O)CC2N1CCc1ccccc1. The van der Waals surface area contributed by atoms with Gasteiger partial charge in [-0.15, -0.1) is 0 Å². The van der Waals surface area contributed by atoms with Crippen LogP contribution in [-0.2, 0) is 25.8 Å². The topological polar surface area (TPSA) is 104 Å². The number of benzene rings is 1. The van der Waals surface area contributed by atoms with E-state index >= 15 is 0 Å². The van der Waals surface area contributed by atoms with E-state index in [1.807, 2.05) is 35.2 Å². The van der Waals surface area contributed by atoms with E-state index in [-0.39, 0.29) is 35.6 Å². The van der Waals surface area contributed by atoms with E-state index in [9.17, 15) is 18.0 Å². The van der Waals surface area contributed by atoms with Crippen molar-refractivity contribution < 1.29 is 23.1 Å². The van der Waals surface area contributed by atoms with Crippen LogP contribution in [0.2, 0.25) is 0 Å². The van der Waals surface area contributed by atoms with Crippen LogP contribution in [0.25, 0.3) is 0 Å². The molecule has 2 fully saturated rings. The number of carbonyl (C=O) groups is 2. The maximum absolute atomic E-state index is 12.0. The van der Waals surface area contributed by atoms with E-state index < -0.39 is 21.7 Å². The first-order valence-electron chi connectivity index (χ1n) is 8.35. The van der Waals surface area contributed by atoms with Crippen LogP contribution in [0, 0.1) is 0 Å². The van der Waals surface area contributed by atoms with Crippen molar-refractivity contribution in [2.45, 2.75) is 30.6 Å². The highest BCUT2D eigenvalue weighted by molar-refractivity contribution is 8.15. The lowest BCUT2D eigenvalue weighted by Gasteiger charge is -2.24. The van der Waals surface area contributed by atoms with Gasteiger partial charge in [-0.05, 0) is 12.0 Å². The third-order valence-corrected chi connectivity index (χ3v) is 7.68. The van der Waals surface area contributed by atoms with Gasteiger partial charge in [0.2, 0.25) is 5.91 Å². The number of amidine groups is 1. The van der Waals surface area contributed by atoms with E-state index in [0.29, 0.717) is 18.1 Å². The van der Waals surface area contributed by atoms with Crippen LogP contribution in [0.3, 0.4) is 0 Å². The fourth-order valence-corrected chi connectivity index (χ4v) is 7.16. The highest BCUT2D eigenvalue weighted by Crippen LogP contribution is 2.38. The molecule has 0 aliphatic carbocycles. The summed E-state index contributed by atoms with van der Waals surface area (Å²) < 4.78 is 23.9. The van der Waals surface area contributed by atoms with Crippen LogP contribution in [0.1, 0.15) is 18.4 Å². The Morgan fingerprint density at radius 1 is 1.19 bits per heavy atom. The number of fused-ring (bicyclic) bond motifs is 1. The number of amides is 1. The van der Waals surface area contributed by atoms with Gasteiger partial charge in [-0.25, -0.2) is 8.42 Å². The first-order valence-corrected chi connectivity index (χ1v) is 11.0. The van der Waals surface area contributed by atoms with Gasteiger partial charge in [-0.3, -0.25) is 9.59 Å². The summed E-state index contributed by atoms with van der Waals surface area (Å²) >= 11 is 1.32. The molecule has 2 atom stereocenters. The molecule has 7 nitrogen and oxygen atoms in total. The molecule has 2 heterocycles. The minimum absolute atomic E-state index is 0.0712. The summed E-state index contributed by atoms with van der Waals surface area (Å²) in [6.45, 7) is 0.568. The Bertz CT molecular complexity index is 823. The molecule has 2 unspecified atom stereocenters. The van der Waals surface area contributed by atoms with Gasteiger partial charge in [0, 0.05) is 18.2 Å². The number of rotatable bonds is 6. The average Bonchev–Trinajstić information content (AvgIpc) is 3.03. The van der Waals surface area contributed by atoms with Crippen LogP contribution < -0.4 is 0 Å². The number of carboxylic acids is 1. The number of thioether (sulfide) groups is 1. The predicted molar refractivity (Wildman–Crippen MR) is 100.0 cm³/mol. The van der Waals surface area contributed by atoms with Crippen LogP contribution in [-0.4, -0.2) is 64.8 Å². The molecule has 26 heavy (non-hydrogen) atoms. The normalized spacial score (nSPS) is 25.4. The molecule has 2 aliphatic rings. The molecule has 0 aromatic heterocycles. The predicted octanol–water partition coefficient (Wildman–Crippen LogP) is 1.19. The number of aliphatic imine (C=N–C) groups is 1. The molecular formula is C17H20N2O5S2. The molecule has 1 aromatic carbocycles. The number of hydrogen-bond acceptors (Lipinski definition) is 5. The van der Waals surface area contributed by atoms with Crippen LogP contribution >= 0.6 is 11.8 Å². The van der Waals surface area contributed by atoms with E-state index in [4.69, 9.17) is 5.11 Å². The minimum Gasteiger partial charge on any atom is -0.481 e. The number of hydrogen-bond donors (Lipinski definition) is 1. The highest BCUT2D eigenvalue weighted by atomic mass is 32.2. The molecule has 2 saturated heterocycles. The Morgan fingerprint density at radius 3 is 2.62 bits per heavy atom. The van der Waals surface area contributed by atoms with Crippen molar-refractivity contribution in [2.75, 3.05) is 18.1 Å². The van der Waals surface area contributed by atoms with Gasteiger partial charge >= 0.3 is 5.97 Å². The third-order valence-electron chi connectivity index (χ3n) is 4.43. The van der Waals surface area contributed by atoms with Crippen LogP contribution in [0.5, 0.6) is 0 Å². The molecule has 3 rings (SSSR count). The molecule has 1 aromatic rings. The second kappa shape index (κ2) is 7.79. The van der Waals surface area contributed by atoms with Crippen molar-refractivity contribution in [3.63, 3.8) is 0 Å². The molecule has 140 valence electrons. The van der Waals surface area contributed by atoms with Crippen molar-refractivity contribution in [2.24, 2.45) is 4.99 Å². The van der Waals surface area contributed by atoms with Crippen molar-refractivity contribution >= 4 is 38.6 Å². The van der Waals surface area contributed by atoms with E-state index in [1.54, 1.807) is 0 Å². The van der Waals surface area contributed by atoms with Gasteiger partial charge < -0.3 is 10.0 Å². The van der Waals surface area contributed by atoms with E-state index in [2.05, 4.69) is 4.99 Å². The van der Waals surface area contributed by atoms with Gasteiger partial charge in [0.1, 0.15) is 0 Å². The van der Waals surface area contributed by atoms with Crippen molar-refractivity contribution in [3.05, 3.63) is 35.9 Å². The van der Waals surface area contributed by atoms with Crippen LogP contribution in [0.4, 0.5) is 0 Å². The Hall–Kier alpha value is -1.87. The second-order valence-corrected chi connectivity index (χ2v) is 9.77. The summed E-state index contributed by atoms with van der Waals surface area (Å²) in [4.78, 5) is 28.6. The standard InChI is InChI=1S/C17H20N2O5S2/c20-15(6-7-16(21)22)18-17-19(9-8-12-4-2-1-3-5-12)13-10-26(23,24)11-14(13)25-17/h1-5,13-14H,6-11H2,(H,21,22). The molecule has 2 aliphatic heterocycles. The Labute approximate surface area is 156 Å². The monoisotopic (exact) mass is 396 g/mol. The highest BCUT2D eigenvalue weighted by Gasteiger charge is 2.48. The zero-order valence-corrected chi connectivity index (χ0v) is 15.7. The largest absolute Gasteiger partial charge is 0.481 e. The molecule has 0 bridgehead atoms. The summed E-state index contributed by atoms with van der Waals surface area (Å²) in [6.07, 6.45) is 0.304.